The molecule has 0 spiro atoms. The van der Waals surface area contributed by atoms with Crippen LogP contribution in [0.15, 0.2) is 36.4 Å². The minimum atomic E-state index is -3.62. The standard InChI is InChI=1S/C13H14N4O5S/c1-21-11-5-8(22-23(2,19)20)3-4-9(11)10-7-17-12(15-10)6-14-13(18)16-17/h3-7,15H,1-2H3,(H2,14,16,18). The van der Waals surface area contributed by atoms with Crippen molar-refractivity contribution in [2.75, 3.05) is 13.4 Å². The Labute approximate surface area is 132 Å². The number of benzene rings is 1. The molecule has 0 radical (unpaired) electrons. The molecule has 0 unspecified atom stereocenters. The minimum Gasteiger partial charge on any atom is -0.496 e. The van der Waals surface area contributed by atoms with E-state index in [2.05, 4.69) is 16.1 Å². The van der Waals surface area contributed by atoms with Gasteiger partial charge in [-0.1, -0.05) is 0 Å². The van der Waals surface area contributed by atoms with Crippen molar-refractivity contribution < 1.29 is 22.1 Å². The second-order valence-corrected chi connectivity index (χ2v) is 6.38. The summed E-state index contributed by atoms with van der Waals surface area (Å²) in [5, 5.41) is 7.15. The van der Waals surface area contributed by atoms with Crippen molar-refractivity contribution in [3.8, 4) is 11.5 Å². The number of amides is 2. The topological polar surface area (TPSA) is 109 Å². The van der Waals surface area contributed by atoms with Crippen molar-refractivity contribution in [2.24, 2.45) is 0 Å². The lowest BCUT2D eigenvalue weighted by Crippen LogP contribution is -2.47. The van der Waals surface area contributed by atoms with Crippen molar-refractivity contribution in [1.29, 1.82) is 0 Å². The Hall–Kier alpha value is -2.88. The van der Waals surface area contributed by atoms with Crippen LogP contribution in [0.25, 0.3) is 5.70 Å². The van der Waals surface area contributed by atoms with Crippen LogP contribution >= 0.6 is 0 Å². The Morgan fingerprint density at radius 1 is 1.26 bits per heavy atom. The summed E-state index contributed by atoms with van der Waals surface area (Å²) in [6.07, 6.45) is 4.17. The lowest BCUT2D eigenvalue weighted by Gasteiger charge is -2.22. The zero-order valence-electron chi connectivity index (χ0n) is 12.3. The third-order valence-electron chi connectivity index (χ3n) is 3.05. The fourth-order valence-electron chi connectivity index (χ4n) is 2.16. The number of hydrazine groups is 1. The Morgan fingerprint density at radius 2 is 2.04 bits per heavy atom. The molecule has 1 aromatic rings. The summed E-state index contributed by atoms with van der Waals surface area (Å²) in [6.45, 7) is 0. The highest BCUT2D eigenvalue weighted by Crippen LogP contribution is 2.32. The molecule has 122 valence electrons. The van der Waals surface area contributed by atoms with Crippen LogP contribution in [0, 0.1) is 0 Å². The maximum Gasteiger partial charge on any atom is 0.338 e. The Kier molecular flexibility index (Phi) is 3.52. The fraction of sp³-hybridized carbons (Fsp3) is 0.154. The van der Waals surface area contributed by atoms with Gasteiger partial charge in [0.2, 0.25) is 0 Å². The predicted molar refractivity (Wildman–Crippen MR) is 81.2 cm³/mol. The van der Waals surface area contributed by atoms with Gasteiger partial charge >= 0.3 is 16.1 Å². The molecule has 0 saturated heterocycles. The van der Waals surface area contributed by atoms with Crippen molar-refractivity contribution in [3.63, 3.8) is 0 Å². The minimum absolute atomic E-state index is 0.151. The highest BCUT2D eigenvalue weighted by atomic mass is 32.2. The van der Waals surface area contributed by atoms with Gasteiger partial charge in [-0.3, -0.25) is 0 Å². The van der Waals surface area contributed by atoms with Crippen LogP contribution in [0.2, 0.25) is 0 Å². The second-order valence-electron chi connectivity index (χ2n) is 4.80. The average Bonchev–Trinajstić information content (AvgIpc) is 2.88. The van der Waals surface area contributed by atoms with Gasteiger partial charge in [0.15, 0.2) is 0 Å². The van der Waals surface area contributed by atoms with Crippen molar-refractivity contribution in [1.82, 2.24) is 21.1 Å². The molecular weight excluding hydrogens is 324 g/mol. The van der Waals surface area contributed by atoms with Crippen molar-refractivity contribution in [3.05, 3.63) is 42.0 Å². The van der Waals surface area contributed by atoms with Gasteiger partial charge in [0.25, 0.3) is 0 Å². The third kappa shape index (κ3) is 3.16. The molecule has 2 amide bonds. The predicted octanol–water partition coefficient (Wildman–Crippen LogP) is 0.264. The van der Waals surface area contributed by atoms with E-state index in [0.717, 1.165) is 6.26 Å². The summed E-state index contributed by atoms with van der Waals surface area (Å²) in [6, 6.07) is 4.30. The van der Waals surface area contributed by atoms with Crippen LogP contribution in [0.5, 0.6) is 11.5 Å². The number of hydrogen-bond donors (Lipinski definition) is 3. The largest absolute Gasteiger partial charge is 0.496 e. The van der Waals surface area contributed by atoms with E-state index in [0.29, 0.717) is 22.8 Å². The zero-order valence-corrected chi connectivity index (χ0v) is 13.1. The van der Waals surface area contributed by atoms with Gasteiger partial charge in [0.05, 0.1) is 25.3 Å². The molecule has 0 bridgehead atoms. The maximum atomic E-state index is 11.3. The normalized spacial score (nSPS) is 16.4. The number of rotatable bonds is 4. The van der Waals surface area contributed by atoms with Crippen LogP contribution in [-0.2, 0) is 10.1 Å². The monoisotopic (exact) mass is 338 g/mol. The molecule has 0 atom stereocenters. The zero-order chi connectivity index (χ0) is 16.6. The summed E-state index contributed by atoms with van der Waals surface area (Å²) in [5.74, 6) is 1.21. The van der Waals surface area contributed by atoms with E-state index < -0.39 is 10.1 Å². The summed E-state index contributed by atoms with van der Waals surface area (Å²) in [5.41, 5.74) is 3.94. The van der Waals surface area contributed by atoms with Crippen LogP contribution in [-0.4, -0.2) is 32.8 Å². The first-order chi connectivity index (χ1) is 10.9. The van der Waals surface area contributed by atoms with Crippen LogP contribution < -0.4 is 25.0 Å². The van der Waals surface area contributed by atoms with Crippen molar-refractivity contribution in [2.45, 2.75) is 0 Å². The molecule has 9 nitrogen and oxygen atoms in total. The number of fused-ring (bicyclic) bond motifs is 1. The van der Waals surface area contributed by atoms with Crippen LogP contribution in [0.3, 0.4) is 0 Å². The van der Waals surface area contributed by atoms with Crippen LogP contribution in [0.1, 0.15) is 5.56 Å². The van der Waals surface area contributed by atoms with E-state index in [1.807, 2.05) is 0 Å². The molecular formula is C13H14N4O5S. The molecule has 2 heterocycles. The molecule has 2 aliphatic rings. The van der Waals surface area contributed by atoms with Gasteiger partial charge in [0.1, 0.15) is 17.3 Å². The number of hydrogen-bond acceptors (Lipinski definition) is 7. The Morgan fingerprint density at radius 3 is 2.74 bits per heavy atom. The SMILES string of the molecule is COc1cc(OS(C)(=O)=O)ccc1C1=CN2NC(=O)NC=C2N1. The van der Waals surface area contributed by atoms with Crippen LogP contribution in [0.4, 0.5) is 4.79 Å². The lowest BCUT2D eigenvalue weighted by molar-refractivity contribution is 0.218. The molecule has 0 aromatic heterocycles. The van der Waals surface area contributed by atoms with E-state index in [9.17, 15) is 13.2 Å². The van der Waals surface area contributed by atoms with E-state index in [1.165, 1.54) is 30.5 Å². The Balaban J connectivity index is 1.92. The first-order valence-electron chi connectivity index (χ1n) is 6.49. The molecule has 0 aliphatic carbocycles. The van der Waals surface area contributed by atoms with Gasteiger partial charge in [-0.25, -0.2) is 15.2 Å². The highest BCUT2D eigenvalue weighted by Gasteiger charge is 2.25. The molecule has 1 aromatic carbocycles. The van der Waals surface area contributed by atoms with Gasteiger partial charge < -0.3 is 19.6 Å². The van der Waals surface area contributed by atoms with Gasteiger partial charge in [-0.2, -0.15) is 8.42 Å². The third-order valence-corrected chi connectivity index (χ3v) is 3.55. The number of methoxy groups -OCH3 is 1. The number of carbonyl (C=O) groups excluding carboxylic acids is 1. The second kappa shape index (κ2) is 5.39. The summed E-state index contributed by atoms with van der Waals surface area (Å²) >= 11 is 0. The summed E-state index contributed by atoms with van der Waals surface area (Å²) in [4.78, 5) is 11.3. The number of urea groups is 1. The molecule has 10 heteroatoms. The number of nitrogens with zero attached hydrogens (tertiary/aromatic N) is 1. The Bertz CT molecular complexity index is 831. The molecule has 3 rings (SSSR count). The van der Waals surface area contributed by atoms with Crippen molar-refractivity contribution >= 4 is 21.8 Å². The van der Waals surface area contributed by atoms with Gasteiger partial charge in [-0.15, -0.1) is 0 Å². The molecule has 23 heavy (non-hydrogen) atoms. The molecule has 3 N–H and O–H groups in total. The van der Waals surface area contributed by atoms with E-state index in [4.69, 9.17) is 8.92 Å². The van der Waals surface area contributed by atoms with E-state index >= 15 is 0 Å². The van der Waals surface area contributed by atoms with Gasteiger partial charge in [0, 0.05) is 17.8 Å². The fourth-order valence-corrected chi connectivity index (χ4v) is 2.61. The summed E-state index contributed by atoms with van der Waals surface area (Å²) in [7, 11) is -2.15. The molecule has 0 fully saturated rings. The average molecular weight is 338 g/mol. The lowest BCUT2D eigenvalue weighted by atomic mass is 10.1. The molecule has 2 aliphatic heterocycles. The number of carbonyl (C=O) groups is 1. The molecule has 0 saturated carbocycles. The first-order valence-corrected chi connectivity index (χ1v) is 8.30. The van der Waals surface area contributed by atoms with E-state index in [1.54, 1.807) is 12.3 Å². The summed E-state index contributed by atoms with van der Waals surface area (Å²) < 4.78 is 32.5. The number of nitrogens with one attached hydrogen (secondary N) is 3. The smallest absolute Gasteiger partial charge is 0.338 e. The first kappa shape index (κ1) is 15.0. The van der Waals surface area contributed by atoms with Gasteiger partial charge in [-0.05, 0) is 12.1 Å². The quantitative estimate of drug-likeness (QED) is 0.676. The number of ether oxygens (including phenoxy) is 1. The van der Waals surface area contributed by atoms with E-state index in [-0.39, 0.29) is 11.8 Å². The highest BCUT2D eigenvalue weighted by molar-refractivity contribution is 7.86. The maximum absolute atomic E-state index is 11.3.